The topological polar surface area (TPSA) is 92.5 Å². The minimum Gasteiger partial charge on any atom is -0.327 e. The molecule has 23 heavy (non-hydrogen) atoms. The van der Waals surface area contributed by atoms with Crippen LogP contribution in [0.1, 0.15) is 19.8 Å². The molecule has 0 radical (unpaired) electrons. The lowest BCUT2D eigenvalue weighted by Gasteiger charge is -2.19. The summed E-state index contributed by atoms with van der Waals surface area (Å²) in [5.41, 5.74) is 5.91. The zero-order valence-electron chi connectivity index (χ0n) is 12.8. The molecule has 6 nitrogen and oxygen atoms in total. The standard InChI is InChI=1S/C15H20FN3O3S/c1-9(20)18-15-6-11(3-4-13(15)16)23(21,22)19-7-10-2-5-14(17)12(10)8-19/h3-4,6,10,12,14H,2,5,7-8,17H2,1H3,(H,18,20). The number of halogens is 1. The first-order valence-corrected chi connectivity index (χ1v) is 9.06. The van der Waals surface area contributed by atoms with Crippen LogP contribution in [0, 0.1) is 17.7 Å². The molecule has 1 aromatic carbocycles. The lowest BCUT2D eigenvalue weighted by Crippen LogP contribution is -2.33. The van der Waals surface area contributed by atoms with Gasteiger partial charge in [0.05, 0.1) is 10.6 Å². The van der Waals surface area contributed by atoms with Gasteiger partial charge in [-0.2, -0.15) is 4.31 Å². The van der Waals surface area contributed by atoms with Crippen molar-refractivity contribution < 1.29 is 17.6 Å². The van der Waals surface area contributed by atoms with Crippen molar-refractivity contribution in [1.29, 1.82) is 0 Å². The summed E-state index contributed by atoms with van der Waals surface area (Å²) in [5.74, 6) is -0.630. The second-order valence-electron chi connectivity index (χ2n) is 6.31. The predicted molar refractivity (Wildman–Crippen MR) is 83.7 cm³/mol. The van der Waals surface area contributed by atoms with Crippen molar-refractivity contribution >= 4 is 21.6 Å². The smallest absolute Gasteiger partial charge is 0.243 e. The van der Waals surface area contributed by atoms with Crippen molar-refractivity contribution in [2.45, 2.75) is 30.7 Å². The van der Waals surface area contributed by atoms with Crippen LogP contribution in [0.4, 0.5) is 10.1 Å². The molecule has 0 aromatic heterocycles. The monoisotopic (exact) mass is 341 g/mol. The Balaban J connectivity index is 1.87. The van der Waals surface area contributed by atoms with Gasteiger partial charge in [-0.1, -0.05) is 0 Å². The van der Waals surface area contributed by atoms with E-state index in [1.54, 1.807) is 0 Å². The van der Waals surface area contributed by atoms with Gasteiger partial charge in [-0.3, -0.25) is 4.79 Å². The minimum atomic E-state index is -3.72. The van der Waals surface area contributed by atoms with Crippen molar-refractivity contribution in [2.75, 3.05) is 18.4 Å². The number of hydrogen-bond donors (Lipinski definition) is 2. The third-order valence-corrected chi connectivity index (χ3v) is 6.59. The van der Waals surface area contributed by atoms with E-state index < -0.39 is 21.7 Å². The van der Waals surface area contributed by atoms with Crippen molar-refractivity contribution in [1.82, 2.24) is 4.31 Å². The van der Waals surface area contributed by atoms with E-state index in [0.29, 0.717) is 19.0 Å². The fourth-order valence-corrected chi connectivity index (χ4v) is 5.12. The van der Waals surface area contributed by atoms with E-state index in [9.17, 15) is 17.6 Å². The number of nitrogens with one attached hydrogen (secondary N) is 1. The Hall–Kier alpha value is -1.51. The van der Waals surface area contributed by atoms with Gasteiger partial charge in [-0.05, 0) is 42.9 Å². The van der Waals surface area contributed by atoms with Crippen LogP contribution in [0.25, 0.3) is 0 Å². The van der Waals surface area contributed by atoms with Crippen molar-refractivity contribution in [3.05, 3.63) is 24.0 Å². The van der Waals surface area contributed by atoms with Gasteiger partial charge in [-0.15, -0.1) is 0 Å². The molecule has 1 aromatic rings. The lowest BCUT2D eigenvalue weighted by atomic mass is 9.98. The molecule has 1 saturated carbocycles. The van der Waals surface area contributed by atoms with E-state index >= 15 is 0 Å². The summed E-state index contributed by atoms with van der Waals surface area (Å²) in [6.07, 6.45) is 1.88. The molecular formula is C15H20FN3O3S. The zero-order valence-corrected chi connectivity index (χ0v) is 13.6. The van der Waals surface area contributed by atoms with Gasteiger partial charge in [0.25, 0.3) is 0 Å². The van der Waals surface area contributed by atoms with Crippen LogP contribution in [0.15, 0.2) is 23.1 Å². The molecule has 2 fully saturated rings. The Morgan fingerprint density at radius 2 is 2.09 bits per heavy atom. The maximum absolute atomic E-state index is 13.7. The number of nitrogens with zero attached hydrogens (tertiary/aromatic N) is 1. The number of fused-ring (bicyclic) bond motifs is 1. The summed E-state index contributed by atoms with van der Waals surface area (Å²) in [4.78, 5) is 11.1. The first kappa shape index (κ1) is 16.4. The largest absolute Gasteiger partial charge is 0.327 e. The molecular weight excluding hydrogens is 321 g/mol. The number of benzene rings is 1. The van der Waals surface area contributed by atoms with Crippen LogP contribution in [0.2, 0.25) is 0 Å². The predicted octanol–water partition coefficient (Wildman–Crippen LogP) is 1.14. The summed E-state index contributed by atoms with van der Waals surface area (Å²) in [5, 5.41) is 2.31. The fourth-order valence-electron chi connectivity index (χ4n) is 3.56. The van der Waals surface area contributed by atoms with E-state index in [0.717, 1.165) is 18.9 Å². The molecule has 0 bridgehead atoms. The lowest BCUT2D eigenvalue weighted by molar-refractivity contribution is -0.114. The minimum absolute atomic E-state index is 0.0174. The molecule has 3 N–H and O–H groups in total. The summed E-state index contributed by atoms with van der Waals surface area (Å²) < 4.78 is 40.7. The number of hydrogen-bond acceptors (Lipinski definition) is 4. The number of carbonyl (C=O) groups excluding carboxylic acids is 1. The Bertz CT molecular complexity index is 737. The molecule has 2 aliphatic rings. The van der Waals surface area contributed by atoms with E-state index in [-0.39, 0.29) is 22.5 Å². The number of nitrogens with two attached hydrogens (primary N) is 1. The molecule has 1 saturated heterocycles. The molecule has 126 valence electrons. The first-order valence-electron chi connectivity index (χ1n) is 7.62. The van der Waals surface area contributed by atoms with E-state index in [1.165, 1.54) is 23.4 Å². The SMILES string of the molecule is CC(=O)Nc1cc(S(=O)(=O)N2CC3CCC(N)C3C2)ccc1F. The van der Waals surface area contributed by atoms with E-state index in [2.05, 4.69) is 5.32 Å². The molecule has 8 heteroatoms. The maximum atomic E-state index is 13.7. The normalized spacial score (nSPS) is 27.9. The Morgan fingerprint density at radius 3 is 2.74 bits per heavy atom. The Labute approximate surface area is 134 Å². The van der Waals surface area contributed by atoms with E-state index in [4.69, 9.17) is 5.73 Å². The molecule has 1 aliphatic heterocycles. The second-order valence-corrected chi connectivity index (χ2v) is 8.25. The summed E-state index contributed by atoms with van der Waals surface area (Å²) >= 11 is 0. The van der Waals surface area contributed by atoms with Crippen LogP contribution in [0.5, 0.6) is 0 Å². The number of amides is 1. The molecule has 3 unspecified atom stereocenters. The van der Waals surface area contributed by atoms with Crippen LogP contribution in [-0.2, 0) is 14.8 Å². The average Bonchev–Trinajstić information content (AvgIpc) is 3.04. The Morgan fingerprint density at radius 1 is 1.35 bits per heavy atom. The van der Waals surface area contributed by atoms with Crippen molar-refractivity contribution in [3.8, 4) is 0 Å². The van der Waals surface area contributed by atoms with Crippen molar-refractivity contribution in [3.63, 3.8) is 0 Å². The third-order valence-electron chi connectivity index (χ3n) is 4.77. The number of anilines is 1. The second kappa shape index (κ2) is 5.85. The summed E-state index contributed by atoms with van der Waals surface area (Å²) in [6, 6.07) is 3.49. The highest BCUT2D eigenvalue weighted by molar-refractivity contribution is 7.89. The van der Waals surface area contributed by atoms with Crippen molar-refractivity contribution in [2.24, 2.45) is 17.6 Å². The highest BCUT2D eigenvalue weighted by Crippen LogP contribution is 2.39. The highest BCUT2D eigenvalue weighted by atomic mass is 32.2. The Kier molecular flexibility index (Phi) is 4.16. The maximum Gasteiger partial charge on any atom is 0.243 e. The van der Waals surface area contributed by atoms with Gasteiger partial charge in [0.2, 0.25) is 15.9 Å². The van der Waals surface area contributed by atoms with Crippen LogP contribution < -0.4 is 11.1 Å². The van der Waals surface area contributed by atoms with Gasteiger partial charge in [0, 0.05) is 26.1 Å². The van der Waals surface area contributed by atoms with E-state index in [1.807, 2.05) is 0 Å². The molecule has 3 rings (SSSR count). The number of carbonyl (C=O) groups is 1. The average molecular weight is 341 g/mol. The molecule has 1 amide bonds. The van der Waals surface area contributed by atoms with Gasteiger partial charge in [0.1, 0.15) is 5.82 Å². The number of sulfonamides is 1. The van der Waals surface area contributed by atoms with Gasteiger partial charge < -0.3 is 11.1 Å². The third kappa shape index (κ3) is 2.98. The summed E-state index contributed by atoms with van der Waals surface area (Å²) in [6.45, 7) is 2.10. The molecule has 3 atom stereocenters. The van der Waals surface area contributed by atoms with Crippen LogP contribution in [0.3, 0.4) is 0 Å². The van der Waals surface area contributed by atoms with Crippen LogP contribution in [-0.4, -0.2) is 37.8 Å². The molecule has 1 aliphatic carbocycles. The first-order chi connectivity index (χ1) is 10.8. The highest BCUT2D eigenvalue weighted by Gasteiger charge is 2.45. The molecule has 1 heterocycles. The van der Waals surface area contributed by atoms with Gasteiger partial charge >= 0.3 is 0 Å². The number of rotatable bonds is 3. The quantitative estimate of drug-likeness (QED) is 0.862. The fraction of sp³-hybridized carbons (Fsp3) is 0.533. The summed E-state index contributed by atoms with van der Waals surface area (Å²) in [7, 11) is -3.72. The van der Waals surface area contributed by atoms with Gasteiger partial charge in [0.15, 0.2) is 0 Å². The molecule has 0 spiro atoms. The van der Waals surface area contributed by atoms with Crippen LogP contribution >= 0.6 is 0 Å². The van der Waals surface area contributed by atoms with Gasteiger partial charge in [-0.25, -0.2) is 12.8 Å². The zero-order chi connectivity index (χ0) is 16.8.